The van der Waals surface area contributed by atoms with Crippen LogP contribution in [0.4, 0.5) is 5.82 Å². The molecule has 3 aromatic rings. The van der Waals surface area contributed by atoms with Gasteiger partial charge in [-0.1, -0.05) is 32.4 Å². The molecule has 2 aromatic heterocycles. The number of halogens is 1. The Morgan fingerprint density at radius 1 is 1.31 bits per heavy atom. The summed E-state index contributed by atoms with van der Waals surface area (Å²) in [5, 5.41) is 25.9. The standard InChI is InChI=1S/C28H36ClN7O3/c1-9-39-23-19(15(3)36-25-18(14(2)34-36)24(31)32-13-33-25)21(27(4,5)6)22(29)17(10-30)20(23)16-11-35(12-16)28(7,8)26(37)38/h13,15-16H,9,11-12H2,1-8H3,(H,37,38)(H2,31,32,33). The lowest BCUT2D eigenvalue weighted by Crippen LogP contribution is -2.59. The Labute approximate surface area is 233 Å². The van der Waals surface area contributed by atoms with E-state index < -0.39 is 16.9 Å². The van der Waals surface area contributed by atoms with Gasteiger partial charge in [0.15, 0.2) is 5.65 Å². The van der Waals surface area contributed by atoms with Crippen molar-refractivity contribution in [3.63, 3.8) is 0 Å². The minimum absolute atomic E-state index is 0.133. The van der Waals surface area contributed by atoms with Crippen LogP contribution in [-0.4, -0.2) is 61.0 Å². The number of nitriles is 1. The summed E-state index contributed by atoms with van der Waals surface area (Å²) in [6.07, 6.45) is 1.42. The van der Waals surface area contributed by atoms with Gasteiger partial charge in [-0.3, -0.25) is 9.69 Å². The largest absolute Gasteiger partial charge is 0.493 e. The fourth-order valence-electron chi connectivity index (χ4n) is 5.48. The molecule has 0 aliphatic carbocycles. The third-order valence-electron chi connectivity index (χ3n) is 7.70. The summed E-state index contributed by atoms with van der Waals surface area (Å²) in [5.41, 5.74) is 8.68. The number of carbonyl (C=O) groups is 1. The molecule has 3 N–H and O–H groups in total. The molecule has 4 rings (SSSR count). The van der Waals surface area contributed by atoms with E-state index in [0.29, 0.717) is 64.1 Å². The van der Waals surface area contributed by atoms with Gasteiger partial charge in [0.05, 0.1) is 34.3 Å². The number of benzene rings is 1. The van der Waals surface area contributed by atoms with E-state index in [-0.39, 0.29) is 12.0 Å². The van der Waals surface area contributed by atoms with E-state index in [1.54, 1.807) is 13.8 Å². The lowest BCUT2D eigenvalue weighted by atomic mass is 9.75. The molecule has 3 heterocycles. The molecule has 1 saturated heterocycles. The lowest BCUT2D eigenvalue weighted by molar-refractivity contribution is -0.152. The molecular formula is C28H36ClN7O3. The number of carboxylic acid groups (broad SMARTS) is 1. The molecule has 1 fully saturated rings. The topological polar surface area (TPSA) is 143 Å². The molecule has 11 heteroatoms. The van der Waals surface area contributed by atoms with Crippen molar-refractivity contribution in [3.8, 4) is 11.8 Å². The highest BCUT2D eigenvalue weighted by atomic mass is 35.5. The normalized spacial score (nSPS) is 15.7. The Morgan fingerprint density at radius 2 is 1.95 bits per heavy atom. The van der Waals surface area contributed by atoms with Gasteiger partial charge in [-0.05, 0) is 45.6 Å². The Bertz CT molecular complexity index is 1490. The first-order chi connectivity index (χ1) is 18.2. The zero-order chi connectivity index (χ0) is 29.0. The number of anilines is 1. The molecule has 1 atom stereocenters. The first kappa shape index (κ1) is 28.6. The van der Waals surface area contributed by atoms with Crippen molar-refractivity contribution in [2.45, 2.75) is 78.3 Å². The molecule has 1 unspecified atom stereocenters. The van der Waals surface area contributed by atoms with Crippen LogP contribution in [0, 0.1) is 18.3 Å². The third kappa shape index (κ3) is 4.57. The van der Waals surface area contributed by atoms with Crippen molar-refractivity contribution in [1.82, 2.24) is 24.6 Å². The molecule has 1 aromatic carbocycles. The molecule has 0 radical (unpaired) electrons. The van der Waals surface area contributed by atoms with Gasteiger partial charge in [-0.15, -0.1) is 0 Å². The van der Waals surface area contributed by atoms with Crippen molar-refractivity contribution >= 4 is 34.4 Å². The molecule has 0 spiro atoms. The highest BCUT2D eigenvalue weighted by Gasteiger charge is 2.46. The summed E-state index contributed by atoms with van der Waals surface area (Å²) in [5.74, 6) is -0.0846. The van der Waals surface area contributed by atoms with Crippen molar-refractivity contribution in [1.29, 1.82) is 5.26 Å². The van der Waals surface area contributed by atoms with Crippen molar-refractivity contribution in [2.24, 2.45) is 0 Å². The molecule has 10 nitrogen and oxygen atoms in total. The second kappa shape index (κ2) is 9.96. The molecule has 39 heavy (non-hydrogen) atoms. The average Bonchev–Trinajstić information content (AvgIpc) is 3.15. The van der Waals surface area contributed by atoms with E-state index in [0.717, 1.165) is 11.1 Å². The zero-order valence-electron chi connectivity index (χ0n) is 23.8. The van der Waals surface area contributed by atoms with Crippen LogP contribution < -0.4 is 10.5 Å². The van der Waals surface area contributed by atoms with Crippen molar-refractivity contribution in [2.75, 3.05) is 25.4 Å². The number of aliphatic carboxylic acids is 1. The number of carboxylic acids is 1. The number of aryl methyl sites for hydroxylation is 1. The van der Waals surface area contributed by atoms with Gasteiger partial charge in [0.2, 0.25) is 0 Å². The molecule has 1 aliphatic heterocycles. The second-order valence-corrected chi connectivity index (χ2v) is 12.0. The summed E-state index contributed by atoms with van der Waals surface area (Å²) < 4.78 is 8.18. The van der Waals surface area contributed by atoms with E-state index in [9.17, 15) is 15.2 Å². The predicted molar refractivity (Wildman–Crippen MR) is 150 cm³/mol. The summed E-state index contributed by atoms with van der Waals surface area (Å²) >= 11 is 7.10. The van der Waals surface area contributed by atoms with Crippen LogP contribution in [0.15, 0.2) is 6.33 Å². The number of hydrogen-bond acceptors (Lipinski definition) is 8. The molecule has 0 saturated carbocycles. The van der Waals surface area contributed by atoms with Gasteiger partial charge in [0.1, 0.15) is 29.5 Å². The Hall–Kier alpha value is -3.42. The number of nitrogens with zero attached hydrogens (tertiary/aromatic N) is 6. The van der Waals surface area contributed by atoms with Crippen LogP contribution in [-0.2, 0) is 10.2 Å². The summed E-state index contributed by atoms with van der Waals surface area (Å²) in [6, 6.07) is 1.95. The quantitative estimate of drug-likeness (QED) is 0.421. The minimum atomic E-state index is -1.04. The van der Waals surface area contributed by atoms with E-state index in [1.807, 2.05) is 51.1 Å². The number of hydrogen-bond donors (Lipinski definition) is 2. The Kier molecular flexibility index (Phi) is 7.30. The smallest absolute Gasteiger partial charge is 0.323 e. The van der Waals surface area contributed by atoms with E-state index in [2.05, 4.69) is 16.0 Å². The van der Waals surface area contributed by atoms with Crippen LogP contribution in [0.3, 0.4) is 0 Å². The van der Waals surface area contributed by atoms with Gasteiger partial charge in [0, 0.05) is 30.1 Å². The number of fused-ring (bicyclic) bond motifs is 1. The molecule has 0 bridgehead atoms. The van der Waals surface area contributed by atoms with Gasteiger partial charge >= 0.3 is 5.97 Å². The number of likely N-dealkylation sites (tertiary alicyclic amines) is 1. The Balaban J connectivity index is 2.01. The van der Waals surface area contributed by atoms with Gasteiger partial charge in [0.25, 0.3) is 0 Å². The predicted octanol–water partition coefficient (Wildman–Crippen LogP) is 4.81. The first-order valence-electron chi connectivity index (χ1n) is 13.0. The van der Waals surface area contributed by atoms with Gasteiger partial charge in [-0.25, -0.2) is 14.6 Å². The van der Waals surface area contributed by atoms with E-state index in [1.165, 1.54) is 6.33 Å². The first-order valence-corrected chi connectivity index (χ1v) is 13.4. The SMILES string of the molecule is CCOc1c(C2CN(C(C)(C)C(=O)O)C2)c(C#N)c(Cl)c(C(C)(C)C)c1C(C)n1nc(C)c2c(N)ncnc21. The third-order valence-corrected chi connectivity index (χ3v) is 8.08. The van der Waals surface area contributed by atoms with Crippen LogP contribution in [0.1, 0.15) is 88.4 Å². The summed E-state index contributed by atoms with van der Waals surface area (Å²) in [4.78, 5) is 22.4. The number of rotatable bonds is 7. The van der Waals surface area contributed by atoms with E-state index >= 15 is 0 Å². The van der Waals surface area contributed by atoms with Crippen LogP contribution in [0.2, 0.25) is 5.02 Å². The summed E-state index contributed by atoms with van der Waals surface area (Å²) in [7, 11) is 0. The summed E-state index contributed by atoms with van der Waals surface area (Å²) in [6.45, 7) is 16.6. The van der Waals surface area contributed by atoms with Crippen molar-refractivity contribution in [3.05, 3.63) is 39.3 Å². The maximum absolute atomic E-state index is 11.9. The van der Waals surface area contributed by atoms with Gasteiger partial charge in [-0.2, -0.15) is 10.4 Å². The number of nitrogens with two attached hydrogens (primary N) is 1. The van der Waals surface area contributed by atoms with Gasteiger partial charge < -0.3 is 15.6 Å². The Morgan fingerprint density at radius 3 is 2.49 bits per heavy atom. The fourth-order valence-corrected chi connectivity index (χ4v) is 6.01. The molecule has 1 aliphatic rings. The molecule has 0 amide bonds. The fraction of sp³-hybridized carbons (Fsp3) is 0.536. The number of nitrogen functional groups attached to an aromatic ring is 1. The van der Waals surface area contributed by atoms with Crippen LogP contribution in [0.5, 0.6) is 5.75 Å². The van der Waals surface area contributed by atoms with E-state index in [4.69, 9.17) is 27.2 Å². The second-order valence-electron chi connectivity index (χ2n) is 11.6. The van der Waals surface area contributed by atoms with Crippen LogP contribution >= 0.6 is 11.6 Å². The monoisotopic (exact) mass is 553 g/mol. The average molecular weight is 554 g/mol. The zero-order valence-corrected chi connectivity index (χ0v) is 24.5. The highest BCUT2D eigenvalue weighted by molar-refractivity contribution is 6.33. The number of aromatic nitrogens is 4. The minimum Gasteiger partial charge on any atom is -0.493 e. The lowest BCUT2D eigenvalue weighted by Gasteiger charge is -2.48. The molecule has 208 valence electrons. The van der Waals surface area contributed by atoms with Crippen molar-refractivity contribution < 1.29 is 14.6 Å². The highest BCUT2D eigenvalue weighted by Crippen LogP contribution is 2.50. The van der Waals surface area contributed by atoms with Crippen LogP contribution in [0.25, 0.3) is 11.0 Å². The maximum atomic E-state index is 11.9. The number of ether oxygens (including phenoxy) is 1. The maximum Gasteiger partial charge on any atom is 0.323 e. The molecular weight excluding hydrogens is 518 g/mol.